The number of rotatable bonds is 4. The number of halogens is 1. The molecule has 0 aliphatic heterocycles. The largest absolute Gasteiger partial charge is 0.462 e. The van der Waals surface area contributed by atoms with E-state index in [1.165, 1.54) is 6.07 Å². The Kier molecular flexibility index (Phi) is 5.11. The number of ether oxygens (including phenoxy) is 2. The first-order chi connectivity index (χ1) is 10.1. The van der Waals surface area contributed by atoms with E-state index >= 15 is 0 Å². The molecule has 0 radical (unpaired) electrons. The highest BCUT2D eigenvalue weighted by Gasteiger charge is 2.13. The van der Waals surface area contributed by atoms with Crippen LogP contribution >= 0.6 is 15.9 Å². The van der Waals surface area contributed by atoms with Gasteiger partial charge < -0.3 is 9.47 Å². The third-order valence-electron chi connectivity index (χ3n) is 2.65. The Balaban J connectivity index is 2.17. The van der Waals surface area contributed by atoms with Gasteiger partial charge in [-0.25, -0.2) is 9.59 Å². The lowest BCUT2D eigenvalue weighted by molar-refractivity contribution is 0.0524. The van der Waals surface area contributed by atoms with E-state index in [9.17, 15) is 9.59 Å². The predicted molar refractivity (Wildman–Crippen MR) is 81.5 cm³/mol. The lowest BCUT2D eigenvalue weighted by atomic mass is 10.2. The first-order valence-corrected chi connectivity index (χ1v) is 7.15. The van der Waals surface area contributed by atoms with E-state index in [4.69, 9.17) is 9.47 Å². The fourth-order valence-corrected chi connectivity index (χ4v) is 2.14. The van der Waals surface area contributed by atoms with Crippen LogP contribution in [-0.4, -0.2) is 18.5 Å². The van der Waals surface area contributed by atoms with Crippen molar-refractivity contribution in [3.63, 3.8) is 0 Å². The second kappa shape index (κ2) is 7.04. The number of hydrogen-bond acceptors (Lipinski definition) is 4. The molecule has 5 heteroatoms. The van der Waals surface area contributed by atoms with Gasteiger partial charge >= 0.3 is 11.9 Å². The van der Waals surface area contributed by atoms with Crippen LogP contribution in [0.4, 0.5) is 0 Å². The predicted octanol–water partition coefficient (Wildman–Crippen LogP) is 3.85. The van der Waals surface area contributed by atoms with Gasteiger partial charge in [0.05, 0.1) is 17.7 Å². The minimum atomic E-state index is -0.497. The number of benzene rings is 2. The quantitative estimate of drug-likeness (QED) is 0.622. The molecule has 21 heavy (non-hydrogen) atoms. The van der Waals surface area contributed by atoms with E-state index in [-0.39, 0.29) is 0 Å². The van der Waals surface area contributed by atoms with Crippen molar-refractivity contribution in [3.8, 4) is 5.75 Å². The molecule has 0 aliphatic rings. The summed E-state index contributed by atoms with van der Waals surface area (Å²) in [7, 11) is 0. The van der Waals surface area contributed by atoms with Crippen LogP contribution in [0.5, 0.6) is 5.75 Å². The zero-order chi connectivity index (χ0) is 15.2. The van der Waals surface area contributed by atoms with Crippen LogP contribution in [-0.2, 0) is 4.74 Å². The van der Waals surface area contributed by atoms with Crippen molar-refractivity contribution in [2.45, 2.75) is 6.92 Å². The molecule has 0 aliphatic carbocycles. The maximum atomic E-state index is 12.1. The third-order valence-corrected chi connectivity index (χ3v) is 3.34. The average molecular weight is 349 g/mol. The zero-order valence-corrected chi connectivity index (χ0v) is 12.9. The Morgan fingerprint density at radius 3 is 2.52 bits per heavy atom. The molecule has 0 heterocycles. The number of hydrogen-bond donors (Lipinski definition) is 0. The fraction of sp³-hybridized carbons (Fsp3) is 0.125. The summed E-state index contributed by atoms with van der Waals surface area (Å²) in [5, 5.41) is 0. The van der Waals surface area contributed by atoms with Crippen LogP contribution in [0.2, 0.25) is 0 Å². The number of esters is 2. The molecule has 0 saturated heterocycles. The summed E-state index contributed by atoms with van der Waals surface area (Å²) >= 11 is 3.29. The van der Waals surface area contributed by atoms with Gasteiger partial charge in [0.2, 0.25) is 0 Å². The molecule has 0 saturated carbocycles. The van der Waals surface area contributed by atoms with Gasteiger partial charge in [0.1, 0.15) is 5.75 Å². The maximum Gasteiger partial charge on any atom is 0.344 e. The topological polar surface area (TPSA) is 52.6 Å². The molecule has 0 N–H and O–H groups in total. The Labute approximate surface area is 130 Å². The van der Waals surface area contributed by atoms with Gasteiger partial charge in [-0.05, 0) is 53.2 Å². The Morgan fingerprint density at radius 1 is 1.05 bits per heavy atom. The summed E-state index contributed by atoms with van der Waals surface area (Å²) in [5.41, 5.74) is 0.758. The van der Waals surface area contributed by atoms with Crippen LogP contribution in [0.25, 0.3) is 0 Å². The van der Waals surface area contributed by atoms with Crippen LogP contribution in [0, 0.1) is 0 Å². The lowest BCUT2D eigenvalue weighted by Crippen LogP contribution is -2.10. The van der Waals surface area contributed by atoms with Crippen LogP contribution in [0.1, 0.15) is 27.6 Å². The molecule has 0 unspecified atom stereocenters. The first-order valence-electron chi connectivity index (χ1n) is 6.35. The van der Waals surface area contributed by atoms with Gasteiger partial charge in [0.15, 0.2) is 0 Å². The van der Waals surface area contributed by atoms with Gasteiger partial charge in [-0.1, -0.05) is 18.2 Å². The van der Waals surface area contributed by atoms with Gasteiger partial charge in [-0.3, -0.25) is 0 Å². The molecular weight excluding hydrogens is 336 g/mol. The van der Waals surface area contributed by atoms with Crippen molar-refractivity contribution in [3.05, 3.63) is 64.1 Å². The highest BCUT2D eigenvalue weighted by Crippen LogP contribution is 2.20. The Bertz CT molecular complexity index is 667. The monoisotopic (exact) mass is 348 g/mol. The van der Waals surface area contributed by atoms with Crippen molar-refractivity contribution < 1.29 is 19.1 Å². The van der Waals surface area contributed by atoms with Crippen molar-refractivity contribution in [2.75, 3.05) is 6.61 Å². The van der Waals surface area contributed by atoms with Gasteiger partial charge in [0.25, 0.3) is 0 Å². The minimum Gasteiger partial charge on any atom is -0.462 e. The lowest BCUT2D eigenvalue weighted by Gasteiger charge is -2.07. The van der Waals surface area contributed by atoms with Gasteiger partial charge in [-0.2, -0.15) is 0 Å². The highest BCUT2D eigenvalue weighted by atomic mass is 79.9. The third kappa shape index (κ3) is 3.92. The normalized spacial score (nSPS) is 10.0. The Hall–Kier alpha value is -2.14. The summed E-state index contributed by atoms with van der Waals surface area (Å²) < 4.78 is 10.8. The van der Waals surface area contributed by atoms with E-state index in [1.54, 1.807) is 43.3 Å². The van der Waals surface area contributed by atoms with E-state index in [1.807, 2.05) is 6.07 Å². The Morgan fingerprint density at radius 2 is 1.81 bits per heavy atom. The van der Waals surface area contributed by atoms with Crippen LogP contribution in [0.3, 0.4) is 0 Å². The van der Waals surface area contributed by atoms with Crippen molar-refractivity contribution in [2.24, 2.45) is 0 Å². The molecule has 0 amide bonds. The maximum absolute atomic E-state index is 12.1. The SMILES string of the molecule is CCOC(=O)c1cccc(OC(=O)c2ccccc2Br)c1. The number of carbonyl (C=O) groups is 2. The van der Waals surface area contributed by atoms with E-state index in [0.29, 0.717) is 28.0 Å². The smallest absolute Gasteiger partial charge is 0.344 e. The summed E-state index contributed by atoms with van der Waals surface area (Å²) in [4.78, 5) is 23.7. The van der Waals surface area contributed by atoms with E-state index < -0.39 is 11.9 Å². The summed E-state index contributed by atoms with van der Waals surface area (Å²) in [5.74, 6) is -0.652. The van der Waals surface area contributed by atoms with Crippen molar-refractivity contribution in [1.29, 1.82) is 0 Å². The number of carbonyl (C=O) groups excluding carboxylic acids is 2. The summed E-state index contributed by atoms with van der Waals surface area (Å²) in [6, 6.07) is 13.3. The molecule has 0 bridgehead atoms. The van der Waals surface area contributed by atoms with Crippen molar-refractivity contribution >= 4 is 27.9 Å². The second-order valence-electron chi connectivity index (χ2n) is 4.12. The van der Waals surface area contributed by atoms with Crippen LogP contribution in [0.15, 0.2) is 53.0 Å². The molecule has 108 valence electrons. The molecule has 4 nitrogen and oxygen atoms in total. The van der Waals surface area contributed by atoms with Gasteiger partial charge in [-0.15, -0.1) is 0 Å². The zero-order valence-electron chi connectivity index (χ0n) is 11.3. The standard InChI is InChI=1S/C16H13BrO4/c1-2-20-15(18)11-6-5-7-12(10-11)21-16(19)13-8-3-4-9-14(13)17/h3-10H,2H2,1H3. The molecule has 0 aromatic heterocycles. The molecule has 2 aromatic rings. The van der Waals surface area contributed by atoms with E-state index in [0.717, 1.165) is 0 Å². The highest BCUT2D eigenvalue weighted by molar-refractivity contribution is 9.10. The van der Waals surface area contributed by atoms with Gasteiger partial charge in [0, 0.05) is 4.47 Å². The molecule has 0 fully saturated rings. The molecule has 2 aromatic carbocycles. The molecule has 2 rings (SSSR count). The molecule has 0 spiro atoms. The second-order valence-corrected chi connectivity index (χ2v) is 4.97. The molecular formula is C16H13BrO4. The van der Waals surface area contributed by atoms with Crippen LogP contribution < -0.4 is 4.74 Å². The fourth-order valence-electron chi connectivity index (χ4n) is 1.69. The van der Waals surface area contributed by atoms with Crippen molar-refractivity contribution in [1.82, 2.24) is 0 Å². The first kappa shape index (κ1) is 15.3. The summed E-state index contributed by atoms with van der Waals surface area (Å²) in [6.07, 6.45) is 0. The average Bonchev–Trinajstić information content (AvgIpc) is 2.48. The minimum absolute atomic E-state index is 0.291. The van der Waals surface area contributed by atoms with E-state index in [2.05, 4.69) is 15.9 Å². The molecule has 0 atom stereocenters. The summed E-state index contributed by atoms with van der Waals surface area (Å²) in [6.45, 7) is 2.02.